The van der Waals surface area contributed by atoms with Crippen molar-refractivity contribution < 1.29 is 27.5 Å². The number of alkyl halides is 3. The molecule has 0 aliphatic rings. The Hall–Kier alpha value is -4.02. The number of hydrogen-bond acceptors (Lipinski definition) is 7. The van der Waals surface area contributed by atoms with Crippen molar-refractivity contribution in [1.29, 1.82) is 0 Å². The van der Waals surface area contributed by atoms with E-state index in [1.165, 1.54) is 38.6 Å². The lowest BCUT2D eigenvalue weighted by atomic mass is 10.0. The zero-order chi connectivity index (χ0) is 23.5. The molecule has 166 valence electrons. The number of carbonyl (C=O) groups excluding carboxylic acids is 2. The monoisotopic (exact) mass is 445 g/mol. The topological polar surface area (TPSA) is 120 Å². The Morgan fingerprint density at radius 1 is 1.16 bits per heavy atom. The van der Waals surface area contributed by atoms with Gasteiger partial charge in [-0.15, -0.1) is 0 Å². The van der Waals surface area contributed by atoms with Crippen LogP contribution >= 0.6 is 0 Å². The minimum absolute atomic E-state index is 0.0104. The van der Waals surface area contributed by atoms with Crippen LogP contribution in [0, 0.1) is 0 Å². The molecule has 0 aromatic carbocycles. The number of aromatic nitrogens is 3. The Balaban J connectivity index is 2.11. The maximum atomic E-state index is 12.9. The summed E-state index contributed by atoms with van der Waals surface area (Å²) in [6.45, 7) is 1.43. The summed E-state index contributed by atoms with van der Waals surface area (Å²) in [4.78, 5) is 36.4. The maximum absolute atomic E-state index is 12.9. The largest absolute Gasteiger partial charge is 0.467 e. The predicted octanol–water partition coefficient (Wildman–Crippen LogP) is 3.10. The average molecular weight is 445 g/mol. The fourth-order valence-corrected chi connectivity index (χ4v) is 2.84. The van der Waals surface area contributed by atoms with Crippen LogP contribution in [0.15, 0.2) is 48.9 Å². The zero-order valence-corrected chi connectivity index (χ0v) is 17.0. The van der Waals surface area contributed by atoms with Gasteiger partial charge in [0.05, 0.1) is 29.7 Å². The maximum Gasteiger partial charge on any atom is 0.433 e. The molecule has 0 unspecified atom stereocenters. The molecule has 0 saturated heterocycles. The number of carbonyl (C=O) groups is 2. The van der Waals surface area contributed by atoms with Gasteiger partial charge in [-0.05, 0) is 37.3 Å². The molecular weight excluding hydrogens is 427 g/mol. The Morgan fingerprint density at radius 3 is 2.47 bits per heavy atom. The number of methoxy groups -OCH3 is 1. The zero-order valence-electron chi connectivity index (χ0n) is 17.0. The van der Waals surface area contributed by atoms with Crippen LogP contribution in [0.2, 0.25) is 0 Å². The van der Waals surface area contributed by atoms with E-state index in [4.69, 9.17) is 5.73 Å². The van der Waals surface area contributed by atoms with E-state index in [-0.39, 0.29) is 28.2 Å². The number of ether oxygens (including phenoxy) is 1. The van der Waals surface area contributed by atoms with Crippen molar-refractivity contribution in [3.63, 3.8) is 0 Å². The van der Waals surface area contributed by atoms with Crippen LogP contribution in [0.1, 0.15) is 23.0 Å². The first-order chi connectivity index (χ1) is 15.1. The molecule has 0 saturated carbocycles. The van der Waals surface area contributed by atoms with Crippen LogP contribution in [0.5, 0.6) is 0 Å². The van der Waals surface area contributed by atoms with Crippen molar-refractivity contribution in [3.8, 4) is 22.5 Å². The summed E-state index contributed by atoms with van der Waals surface area (Å²) in [6.07, 6.45) is -0.572. The van der Waals surface area contributed by atoms with Gasteiger partial charge in [0.1, 0.15) is 11.7 Å². The number of nitrogen functional groups attached to an aromatic ring is 1. The number of nitrogens with zero attached hydrogens (tertiary/aromatic N) is 3. The lowest BCUT2D eigenvalue weighted by Gasteiger charge is -2.16. The van der Waals surface area contributed by atoms with E-state index < -0.39 is 29.8 Å². The highest BCUT2D eigenvalue weighted by atomic mass is 19.4. The van der Waals surface area contributed by atoms with Crippen LogP contribution in [0.3, 0.4) is 0 Å². The van der Waals surface area contributed by atoms with Gasteiger partial charge in [-0.25, -0.2) is 9.78 Å². The highest BCUT2D eigenvalue weighted by Crippen LogP contribution is 2.32. The van der Waals surface area contributed by atoms with Crippen molar-refractivity contribution in [1.82, 2.24) is 20.3 Å². The van der Waals surface area contributed by atoms with E-state index >= 15 is 0 Å². The van der Waals surface area contributed by atoms with Crippen molar-refractivity contribution >= 4 is 17.6 Å². The molecule has 3 aromatic heterocycles. The van der Waals surface area contributed by atoms with Gasteiger partial charge in [0, 0.05) is 29.7 Å². The fourth-order valence-electron chi connectivity index (χ4n) is 2.84. The summed E-state index contributed by atoms with van der Waals surface area (Å²) in [5.74, 6) is -1.35. The van der Waals surface area contributed by atoms with Gasteiger partial charge in [0.15, 0.2) is 0 Å². The molecule has 0 bridgehead atoms. The summed E-state index contributed by atoms with van der Waals surface area (Å²) < 4.78 is 43.2. The number of nitrogens with one attached hydrogen (secondary N) is 1. The third-order valence-electron chi connectivity index (χ3n) is 4.49. The molecule has 3 aromatic rings. The van der Waals surface area contributed by atoms with Crippen molar-refractivity contribution in [2.75, 3.05) is 12.8 Å². The molecule has 3 heterocycles. The van der Waals surface area contributed by atoms with Crippen LogP contribution < -0.4 is 11.1 Å². The Morgan fingerprint density at radius 2 is 1.91 bits per heavy atom. The number of amides is 1. The van der Waals surface area contributed by atoms with Crippen LogP contribution in [0.25, 0.3) is 22.5 Å². The van der Waals surface area contributed by atoms with Gasteiger partial charge < -0.3 is 15.8 Å². The average Bonchev–Trinajstić information content (AvgIpc) is 2.78. The molecule has 0 spiro atoms. The second kappa shape index (κ2) is 9.00. The Bertz CT molecular complexity index is 1140. The number of halogens is 3. The smallest absolute Gasteiger partial charge is 0.433 e. The van der Waals surface area contributed by atoms with Gasteiger partial charge in [-0.1, -0.05) is 0 Å². The molecule has 3 N–H and O–H groups in total. The molecule has 3 rings (SSSR count). The van der Waals surface area contributed by atoms with E-state index in [2.05, 4.69) is 25.0 Å². The minimum Gasteiger partial charge on any atom is -0.467 e. The number of rotatable bonds is 5. The Labute approximate surface area is 180 Å². The quantitative estimate of drug-likeness (QED) is 0.579. The highest BCUT2D eigenvalue weighted by molar-refractivity contribution is 6.04. The Kier molecular flexibility index (Phi) is 6.37. The summed E-state index contributed by atoms with van der Waals surface area (Å²) in [7, 11) is 1.18. The number of nitrogens with two attached hydrogens (primary N) is 1. The normalized spacial score (nSPS) is 12.2. The molecule has 0 fully saturated rings. The molecule has 32 heavy (non-hydrogen) atoms. The van der Waals surface area contributed by atoms with E-state index in [1.807, 2.05) is 0 Å². The van der Waals surface area contributed by atoms with Crippen molar-refractivity contribution in [2.45, 2.75) is 19.1 Å². The third kappa shape index (κ3) is 4.82. The summed E-state index contributed by atoms with van der Waals surface area (Å²) >= 11 is 0. The molecule has 8 nitrogen and oxygen atoms in total. The van der Waals surface area contributed by atoms with Gasteiger partial charge in [0.25, 0.3) is 5.91 Å². The van der Waals surface area contributed by atoms with Gasteiger partial charge >= 0.3 is 12.1 Å². The van der Waals surface area contributed by atoms with Crippen molar-refractivity contribution in [2.24, 2.45) is 0 Å². The van der Waals surface area contributed by atoms with Crippen LogP contribution in [-0.2, 0) is 15.7 Å². The number of anilines is 1. The lowest BCUT2D eigenvalue weighted by Crippen LogP contribution is -2.39. The summed E-state index contributed by atoms with van der Waals surface area (Å²) in [5.41, 5.74) is 6.21. The minimum atomic E-state index is -4.59. The molecule has 1 amide bonds. The molecule has 0 aliphatic heterocycles. The SMILES string of the molecule is COC(=O)[C@H](C)NC(=O)c1cc(-c2ccc(C(F)(F)F)nc2)nc(-c2cccnc2)c1N. The third-order valence-corrected chi connectivity index (χ3v) is 4.49. The predicted molar refractivity (Wildman–Crippen MR) is 109 cm³/mol. The molecule has 0 radical (unpaired) electrons. The second-order valence-electron chi connectivity index (χ2n) is 6.71. The summed E-state index contributed by atoms with van der Waals surface area (Å²) in [6, 6.07) is 5.68. The first-order valence-electron chi connectivity index (χ1n) is 9.25. The van der Waals surface area contributed by atoms with Gasteiger partial charge in [0.2, 0.25) is 0 Å². The number of pyridine rings is 3. The van der Waals surface area contributed by atoms with E-state index in [1.54, 1.807) is 12.1 Å². The molecular formula is C21H18F3N5O3. The molecule has 11 heteroatoms. The van der Waals surface area contributed by atoms with E-state index in [0.717, 1.165) is 12.3 Å². The number of hydrogen-bond donors (Lipinski definition) is 2. The molecule has 0 aliphatic carbocycles. The lowest BCUT2D eigenvalue weighted by molar-refractivity contribution is -0.142. The standard InChI is InChI=1S/C21H18F3N5O3/c1-11(20(31)32-2)28-19(30)14-8-15(12-5-6-16(27-10-12)21(22,23)24)29-18(17(14)25)13-4-3-7-26-9-13/h3-11H,25H2,1-2H3,(H,28,30)/t11-/m0/s1. The van der Waals surface area contributed by atoms with Crippen LogP contribution in [0.4, 0.5) is 18.9 Å². The second-order valence-corrected chi connectivity index (χ2v) is 6.71. The number of esters is 1. The van der Waals surface area contributed by atoms with Gasteiger partial charge in [-0.3, -0.25) is 14.8 Å². The first-order valence-corrected chi connectivity index (χ1v) is 9.25. The van der Waals surface area contributed by atoms with Crippen molar-refractivity contribution in [3.05, 3.63) is 60.2 Å². The highest BCUT2D eigenvalue weighted by Gasteiger charge is 2.32. The first kappa shape index (κ1) is 22.7. The van der Waals surface area contributed by atoms with E-state index in [0.29, 0.717) is 5.56 Å². The van der Waals surface area contributed by atoms with E-state index in [9.17, 15) is 22.8 Å². The van der Waals surface area contributed by atoms with Gasteiger partial charge in [-0.2, -0.15) is 13.2 Å². The fraction of sp³-hybridized carbons (Fsp3) is 0.190. The molecule has 1 atom stereocenters. The summed E-state index contributed by atoms with van der Waals surface area (Å²) in [5, 5.41) is 2.47. The van der Waals surface area contributed by atoms with Crippen LogP contribution in [-0.4, -0.2) is 40.0 Å².